The van der Waals surface area contributed by atoms with E-state index in [0.29, 0.717) is 13.0 Å². The number of hydrogen-bond donors (Lipinski definition) is 2. The van der Waals surface area contributed by atoms with E-state index in [2.05, 4.69) is 0 Å². The second kappa shape index (κ2) is 5.62. The van der Waals surface area contributed by atoms with E-state index in [9.17, 15) is 0 Å². The summed E-state index contributed by atoms with van der Waals surface area (Å²) in [4.78, 5) is 0. The van der Waals surface area contributed by atoms with Crippen molar-refractivity contribution in [1.82, 2.24) is 0 Å². The molecule has 0 amide bonds. The molecule has 14 heavy (non-hydrogen) atoms. The van der Waals surface area contributed by atoms with Crippen LogP contribution in [0.15, 0.2) is 24.3 Å². The van der Waals surface area contributed by atoms with Crippen LogP contribution in [0.3, 0.4) is 0 Å². The molecule has 1 rings (SSSR count). The number of rotatable bonds is 5. The van der Waals surface area contributed by atoms with Gasteiger partial charge >= 0.3 is 0 Å². The van der Waals surface area contributed by atoms with E-state index in [-0.39, 0.29) is 12.6 Å². The van der Waals surface area contributed by atoms with Crippen LogP contribution in [0.4, 0.5) is 0 Å². The molecule has 0 radical (unpaired) electrons. The quantitative estimate of drug-likeness (QED) is 0.699. The van der Waals surface area contributed by atoms with Crippen LogP contribution in [0.2, 0.25) is 0 Å². The molecule has 3 heteroatoms. The lowest BCUT2D eigenvalue weighted by Crippen LogP contribution is -2.05. The summed E-state index contributed by atoms with van der Waals surface area (Å²) in [5.74, 6) is 0.813. The van der Waals surface area contributed by atoms with Gasteiger partial charge in [-0.05, 0) is 24.6 Å². The maximum Gasteiger partial charge on any atom is 0.119 e. The summed E-state index contributed by atoms with van der Waals surface area (Å²) in [6.45, 7) is 2.64. The van der Waals surface area contributed by atoms with Crippen molar-refractivity contribution in [3.05, 3.63) is 29.8 Å². The van der Waals surface area contributed by atoms with Gasteiger partial charge in [-0.25, -0.2) is 0 Å². The van der Waals surface area contributed by atoms with Crippen molar-refractivity contribution in [1.29, 1.82) is 0 Å². The number of nitrogens with two attached hydrogens (primary N) is 1. The highest BCUT2D eigenvalue weighted by Gasteiger charge is 2.00. The Labute approximate surface area is 84.5 Å². The Hall–Kier alpha value is -1.06. The van der Waals surface area contributed by atoms with Gasteiger partial charge in [0.25, 0.3) is 0 Å². The SMILES string of the molecule is C[C@H](N)c1cccc(OCCCO)c1. The van der Waals surface area contributed by atoms with Crippen molar-refractivity contribution >= 4 is 0 Å². The third kappa shape index (κ3) is 3.36. The van der Waals surface area contributed by atoms with Crippen LogP contribution in [0.5, 0.6) is 5.75 Å². The van der Waals surface area contributed by atoms with E-state index < -0.39 is 0 Å². The average Bonchev–Trinajstić information content (AvgIpc) is 2.19. The number of hydrogen-bond acceptors (Lipinski definition) is 3. The first-order valence-corrected chi connectivity index (χ1v) is 4.83. The van der Waals surface area contributed by atoms with Crippen LogP contribution in [0, 0.1) is 0 Å². The van der Waals surface area contributed by atoms with Crippen molar-refractivity contribution in [2.24, 2.45) is 5.73 Å². The van der Waals surface area contributed by atoms with Crippen LogP contribution < -0.4 is 10.5 Å². The zero-order valence-electron chi connectivity index (χ0n) is 8.44. The molecule has 3 N–H and O–H groups in total. The summed E-state index contributed by atoms with van der Waals surface area (Å²) >= 11 is 0. The van der Waals surface area contributed by atoms with Crippen LogP contribution in [0.25, 0.3) is 0 Å². The van der Waals surface area contributed by atoms with E-state index >= 15 is 0 Å². The minimum absolute atomic E-state index is 0.0244. The second-order valence-corrected chi connectivity index (χ2v) is 3.29. The van der Waals surface area contributed by atoms with Gasteiger partial charge in [0, 0.05) is 19.1 Å². The molecule has 0 heterocycles. The molecule has 0 saturated heterocycles. The van der Waals surface area contributed by atoms with Gasteiger partial charge in [0.2, 0.25) is 0 Å². The fourth-order valence-electron chi connectivity index (χ4n) is 1.14. The predicted octanol–water partition coefficient (Wildman–Crippen LogP) is 1.47. The van der Waals surface area contributed by atoms with Crippen molar-refractivity contribution in [3.63, 3.8) is 0 Å². The number of aliphatic hydroxyl groups is 1. The molecule has 0 aliphatic rings. The highest BCUT2D eigenvalue weighted by atomic mass is 16.5. The highest BCUT2D eigenvalue weighted by molar-refractivity contribution is 5.30. The summed E-state index contributed by atoms with van der Waals surface area (Å²) < 4.78 is 5.42. The Kier molecular flexibility index (Phi) is 4.43. The lowest BCUT2D eigenvalue weighted by Gasteiger charge is -2.09. The predicted molar refractivity (Wildman–Crippen MR) is 56.2 cm³/mol. The van der Waals surface area contributed by atoms with Gasteiger partial charge in [-0.15, -0.1) is 0 Å². The summed E-state index contributed by atoms with van der Waals surface area (Å²) in [6, 6.07) is 7.75. The third-order valence-electron chi connectivity index (χ3n) is 1.96. The van der Waals surface area contributed by atoms with Gasteiger partial charge in [0.15, 0.2) is 0 Å². The fourth-order valence-corrected chi connectivity index (χ4v) is 1.14. The molecular formula is C11H17NO2. The summed E-state index contributed by atoms with van der Waals surface area (Å²) in [5.41, 5.74) is 6.80. The summed E-state index contributed by atoms with van der Waals surface area (Å²) in [7, 11) is 0. The zero-order valence-corrected chi connectivity index (χ0v) is 8.44. The Morgan fingerprint density at radius 1 is 1.50 bits per heavy atom. The lowest BCUT2D eigenvalue weighted by molar-refractivity contribution is 0.233. The van der Waals surface area contributed by atoms with Crippen LogP contribution in [0.1, 0.15) is 24.9 Å². The van der Waals surface area contributed by atoms with Gasteiger partial charge in [0.05, 0.1) is 6.61 Å². The molecule has 1 atom stereocenters. The summed E-state index contributed by atoms with van der Waals surface area (Å²) in [5, 5.41) is 8.59. The number of benzene rings is 1. The first kappa shape index (κ1) is 11.0. The first-order chi connectivity index (χ1) is 6.74. The maximum atomic E-state index is 8.59. The lowest BCUT2D eigenvalue weighted by atomic mass is 10.1. The first-order valence-electron chi connectivity index (χ1n) is 4.83. The van der Waals surface area contributed by atoms with Crippen LogP contribution >= 0.6 is 0 Å². The third-order valence-corrected chi connectivity index (χ3v) is 1.96. The molecule has 0 saturated carbocycles. The molecule has 3 nitrogen and oxygen atoms in total. The van der Waals surface area contributed by atoms with Gasteiger partial charge in [0.1, 0.15) is 5.75 Å². The van der Waals surface area contributed by atoms with Crippen molar-refractivity contribution in [3.8, 4) is 5.75 Å². The van der Waals surface area contributed by atoms with E-state index in [0.717, 1.165) is 11.3 Å². The molecule has 0 fully saturated rings. The van der Waals surface area contributed by atoms with E-state index in [1.807, 2.05) is 31.2 Å². The smallest absolute Gasteiger partial charge is 0.119 e. The Balaban J connectivity index is 2.55. The Bertz CT molecular complexity index is 274. The largest absolute Gasteiger partial charge is 0.493 e. The molecule has 1 aromatic carbocycles. The van der Waals surface area contributed by atoms with E-state index in [1.165, 1.54) is 0 Å². The average molecular weight is 195 g/mol. The van der Waals surface area contributed by atoms with E-state index in [4.69, 9.17) is 15.6 Å². The van der Waals surface area contributed by atoms with Crippen molar-refractivity contribution < 1.29 is 9.84 Å². The van der Waals surface area contributed by atoms with Crippen molar-refractivity contribution in [2.75, 3.05) is 13.2 Å². The monoisotopic (exact) mass is 195 g/mol. The maximum absolute atomic E-state index is 8.59. The molecule has 0 bridgehead atoms. The molecular weight excluding hydrogens is 178 g/mol. The molecule has 0 aromatic heterocycles. The summed E-state index contributed by atoms with van der Waals surface area (Å²) in [6.07, 6.45) is 0.655. The van der Waals surface area contributed by atoms with Crippen molar-refractivity contribution in [2.45, 2.75) is 19.4 Å². The molecule has 0 aliphatic heterocycles. The highest BCUT2D eigenvalue weighted by Crippen LogP contribution is 2.17. The van der Waals surface area contributed by atoms with Gasteiger partial charge < -0.3 is 15.6 Å². The minimum atomic E-state index is 0.0244. The fraction of sp³-hybridized carbons (Fsp3) is 0.455. The zero-order chi connectivity index (χ0) is 10.4. The molecule has 0 unspecified atom stereocenters. The van der Waals surface area contributed by atoms with Gasteiger partial charge in [-0.3, -0.25) is 0 Å². The Morgan fingerprint density at radius 2 is 2.29 bits per heavy atom. The van der Waals surface area contributed by atoms with E-state index in [1.54, 1.807) is 0 Å². The molecule has 78 valence electrons. The molecule has 0 aliphatic carbocycles. The van der Waals surface area contributed by atoms with Gasteiger partial charge in [-0.1, -0.05) is 12.1 Å². The van der Waals surface area contributed by atoms with Crippen LogP contribution in [-0.4, -0.2) is 18.3 Å². The second-order valence-electron chi connectivity index (χ2n) is 3.29. The number of aliphatic hydroxyl groups excluding tert-OH is 1. The molecule has 0 spiro atoms. The topological polar surface area (TPSA) is 55.5 Å². The van der Waals surface area contributed by atoms with Gasteiger partial charge in [-0.2, -0.15) is 0 Å². The molecule has 1 aromatic rings. The standard InChI is InChI=1S/C11H17NO2/c1-9(12)10-4-2-5-11(8-10)14-7-3-6-13/h2,4-5,8-9,13H,3,6-7,12H2,1H3/t9-/m0/s1. The number of ether oxygens (including phenoxy) is 1. The normalized spacial score (nSPS) is 12.5. The minimum Gasteiger partial charge on any atom is -0.493 e. The van der Waals surface area contributed by atoms with Crippen LogP contribution in [-0.2, 0) is 0 Å². The Morgan fingerprint density at radius 3 is 2.93 bits per heavy atom.